The molecule has 1 rings (SSSR count). The molecule has 0 radical (unpaired) electrons. The van der Waals surface area contributed by atoms with Gasteiger partial charge in [-0.1, -0.05) is 13.0 Å². The Balaban J connectivity index is 2.76. The van der Waals surface area contributed by atoms with Crippen LogP contribution >= 0.6 is 10.7 Å². The lowest BCUT2D eigenvalue weighted by atomic mass is 10.1. The van der Waals surface area contributed by atoms with E-state index in [0.29, 0.717) is 0 Å². The number of pyridine rings is 1. The molecule has 0 spiro atoms. The smallest absolute Gasteiger partial charge is 0.233 e. The summed E-state index contributed by atoms with van der Waals surface area (Å²) in [6.45, 7) is 1.80. The SMILES string of the molecule is CC(CS(=O)(=O)Cl)c1cccnc1. The molecule has 1 unspecified atom stereocenters. The van der Waals surface area contributed by atoms with Crippen molar-refractivity contribution in [2.24, 2.45) is 0 Å². The predicted molar refractivity (Wildman–Crippen MR) is 52.3 cm³/mol. The predicted octanol–water partition coefficient (Wildman–Crippen LogP) is 1.75. The van der Waals surface area contributed by atoms with Crippen molar-refractivity contribution in [3.8, 4) is 0 Å². The fraction of sp³-hybridized carbons (Fsp3) is 0.375. The van der Waals surface area contributed by atoms with E-state index in [1.54, 1.807) is 25.4 Å². The van der Waals surface area contributed by atoms with Crippen molar-refractivity contribution in [2.45, 2.75) is 12.8 Å². The Labute approximate surface area is 82.2 Å². The summed E-state index contributed by atoms with van der Waals surface area (Å²) in [7, 11) is 1.70. The van der Waals surface area contributed by atoms with Gasteiger partial charge in [0.15, 0.2) is 0 Å². The van der Waals surface area contributed by atoms with Crippen LogP contribution in [0.1, 0.15) is 18.4 Å². The van der Waals surface area contributed by atoms with Crippen LogP contribution in [-0.2, 0) is 9.05 Å². The Hall–Kier alpha value is -0.610. The average molecular weight is 220 g/mol. The second-order valence-corrected chi connectivity index (χ2v) is 5.71. The maximum Gasteiger partial charge on any atom is 0.233 e. The number of rotatable bonds is 3. The highest BCUT2D eigenvalue weighted by Crippen LogP contribution is 2.17. The van der Waals surface area contributed by atoms with E-state index in [9.17, 15) is 8.42 Å². The highest BCUT2D eigenvalue weighted by molar-refractivity contribution is 8.13. The van der Waals surface area contributed by atoms with Gasteiger partial charge in [-0.25, -0.2) is 8.42 Å². The van der Waals surface area contributed by atoms with Crippen LogP contribution in [-0.4, -0.2) is 19.2 Å². The molecule has 0 aromatic carbocycles. The van der Waals surface area contributed by atoms with E-state index in [1.165, 1.54) is 0 Å². The van der Waals surface area contributed by atoms with Gasteiger partial charge in [0, 0.05) is 23.1 Å². The van der Waals surface area contributed by atoms with E-state index >= 15 is 0 Å². The molecule has 13 heavy (non-hydrogen) atoms. The lowest BCUT2D eigenvalue weighted by Crippen LogP contribution is -2.06. The third-order valence-electron chi connectivity index (χ3n) is 1.70. The summed E-state index contributed by atoms with van der Waals surface area (Å²) in [5.74, 6) is -0.170. The maximum atomic E-state index is 10.8. The first-order valence-corrected chi connectivity index (χ1v) is 6.29. The summed E-state index contributed by atoms with van der Waals surface area (Å²) in [6.07, 6.45) is 3.29. The molecule has 1 atom stereocenters. The molecule has 0 aliphatic rings. The molecule has 1 aromatic heterocycles. The van der Waals surface area contributed by atoms with E-state index in [-0.39, 0.29) is 11.7 Å². The summed E-state index contributed by atoms with van der Waals surface area (Å²) < 4.78 is 21.5. The summed E-state index contributed by atoms with van der Waals surface area (Å²) in [4.78, 5) is 3.90. The van der Waals surface area contributed by atoms with Crippen LogP contribution in [0.2, 0.25) is 0 Å². The topological polar surface area (TPSA) is 47.0 Å². The van der Waals surface area contributed by atoms with E-state index in [1.807, 2.05) is 6.07 Å². The van der Waals surface area contributed by atoms with Crippen LogP contribution in [0.3, 0.4) is 0 Å². The van der Waals surface area contributed by atoms with Gasteiger partial charge in [-0.15, -0.1) is 0 Å². The quantitative estimate of drug-likeness (QED) is 0.728. The zero-order valence-corrected chi connectivity index (χ0v) is 8.72. The molecule has 1 heterocycles. The fourth-order valence-electron chi connectivity index (χ4n) is 1.06. The van der Waals surface area contributed by atoms with Crippen molar-refractivity contribution in [1.82, 2.24) is 4.98 Å². The first kappa shape index (κ1) is 10.5. The third kappa shape index (κ3) is 3.74. The van der Waals surface area contributed by atoms with Gasteiger partial charge in [-0.05, 0) is 17.5 Å². The lowest BCUT2D eigenvalue weighted by Gasteiger charge is -2.07. The number of hydrogen-bond acceptors (Lipinski definition) is 3. The summed E-state index contributed by atoms with van der Waals surface area (Å²) >= 11 is 0. The molecular weight excluding hydrogens is 210 g/mol. The highest BCUT2D eigenvalue weighted by Gasteiger charge is 2.13. The Morgan fingerprint density at radius 1 is 1.62 bits per heavy atom. The second kappa shape index (κ2) is 4.07. The van der Waals surface area contributed by atoms with Gasteiger partial charge in [0.2, 0.25) is 9.05 Å². The molecule has 0 aliphatic heterocycles. The zero-order valence-electron chi connectivity index (χ0n) is 7.14. The standard InChI is InChI=1S/C8H10ClNO2S/c1-7(6-13(9,11)12)8-3-2-4-10-5-8/h2-5,7H,6H2,1H3. The molecule has 0 N–H and O–H groups in total. The van der Waals surface area contributed by atoms with E-state index in [0.717, 1.165) is 5.56 Å². The summed E-state index contributed by atoms with van der Waals surface area (Å²) in [5.41, 5.74) is 0.881. The molecule has 0 aliphatic carbocycles. The normalized spacial score (nSPS) is 14.0. The van der Waals surface area contributed by atoms with Gasteiger partial charge in [0.25, 0.3) is 0 Å². The number of aromatic nitrogens is 1. The van der Waals surface area contributed by atoms with Crippen LogP contribution < -0.4 is 0 Å². The Bertz CT molecular complexity index is 363. The Morgan fingerprint density at radius 3 is 2.77 bits per heavy atom. The van der Waals surface area contributed by atoms with Gasteiger partial charge < -0.3 is 0 Å². The molecule has 72 valence electrons. The molecule has 5 heteroatoms. The highest BCUT2D eigenvalue weighted by atomic mass is 35.7. The monoisotopic (exact) mass is 219 g/mol. The molecule has 0 saturated carbocycles. The summed E-state index contributed by atoms with van der Waals surface area (Å²) in [6, 6.07) is 3.60. The Kier molecular flexibility index (Phi) is 3.27. The van der Waals surface area contributed by atoms with Gasteiger partial charge in [-0.3, -0.25) is 4.98 Å². The molecule has 1 aromatic rings. The van der Waals surface area contributed by atoms with E-state index < -0.39 is 9.05 Å². The van der Waals surface area contributed by atoms with E-state index in [2.05, 4.69) is 4.98 Å². The minimum atomic E-state index is -3.43. The van der Waals surface area contributed by atoms with Gasteiger partial charge in [0.1, 0.15) is 0 Å². The second-order valence-electron chi connectivity index (χ2n) is 2.89. The molecule has 3 nitrogen and oxygen atoms in total. The van der Waals surface area contributed by atoms with Crippen molar-refractivity contribution in [1.29, 1.82) is 0 Å². The van der Waals surface area contributed by atoms with Crippen LogP contribution in [0.4, 0.5) is 0 Å². The van der Waals surface area contributed by atoms with Crippen LogP contribution in [0.5, 0.6) is 0 Å². The number of halogens is 1. The van der Waals surface area contributed by atoms with Gasteiger partial charge in [-0.2, -0.15) is 0 Å². The van der Waals surface area contributed by atoms with Crippen molar-refractivity contribution < 1.29 is 8.42 Å². The third-order valence-corrected chi connectivity index (χ3v) is 2.98. The Morgan fingerprint density at radius 2 is 2.31 bits per heavy atom. The summed E-state index contributed by atoms with van der Waals surface area (Å²) in [5, 5.41) is 0. The van der Waals surface area contributed by atoms with Gasteiger partial charge in [0.05, 0.1) is 5.75 Å². The number of hydrogen-bond donors (Lipinski definition) is 0. The van der Waals surface area contributed by atoms with Crippen molar-refractivity contribution in [2.75, 3.05) is 5.75 Å². The first-order chi connectivity index (χ1) is 5.99. The van der Waals surface area contributed by atoms with Crippen LogP contribution in [0.25, 0.3) is 0 Å². The first-order valence-electron chi connectivity index (χ1n) is 3.81. The molecule has 0 saturated heterocycles. The lowest BCUT2D eigenvalue weighted by molar-refractivity contribution is 0.604. The zero-order chi connectivity index (χ0) is 9.90. The van der Waals surface area contributed by atoms with Crippen LogP contribution in [0.15, 0.2) is 24.5 Å². The maximum absolute atomic E-state index is 10.8. The van der Waals surface area contributed by atoms with Gasteiger partial charge >= 0.3 is 0 Å². The average Bonchev–Trinajstić information content (AvgIpc) is 2.03. The van der Waals surface area contributed by atoms with E-state index in [4.69, 9.17) is 10.7 Å². The minimum Gasteiger partial charge on any atom is -0.264 e. The van der Waals surface area contributed by atoms with Crippen molar-refractivity contribution in [3.63, 3.8) is 0 Å². The number of nitrogens with zero attached hydrogens (tertiary/aromatic N) is 1. The largest absolute Gasteiger partial charge is 0.264 e. The molecule has 0 amide bonds. The molecule has 0 bridgehead atoms. The van der Waals surface area contributed by atoms with Crippen molar-refractivity contribution >= 4 is 19.7 Å². The van der Waals surface area contributed by atoms with Crippen LogP contribution in [0, 0.1) is 0 Å². The molecular formula is C8H10ClNO2S. The fourth-order valence-corrected chi connectivity index (χ4v) is 2.42. The minimum absolute atomic E-state index is 0.0553. The van der Waals surface area contributed by atoms with Crippen molar-refractivity contribution in [3.05, 3.63) is 30.1 Å². The molecule has 0 fully saturated rings.